The zero-order valence-electron chi connectivity index (χ0n) is 12.8. The van der Waals surface area contributed by atoms with E-state index in [4.69, 9.17) is 4.74 Å². The van der Waals surface area contributed by atoms with Crippen LogP contribution in [0.25, 0.3) is 0 Å². The molecular weight excluding hydrogens is 302 g/mol. The monoisotopic (exact) mass is 323 g/mol. The maximum Gasteiger partial charge on any atom is 0.329 e. The number of amides is 1. The Morgan fingerprint density at radius 1 is 1.27 bits per heavy atom. The van der Waals surface area contributed by atoms with Gasteiger partial charge in [0.05, 0.1) is 12.4 Å². The molecule has 1 aromatic rings. The van der Waals surface area contributed by atoms with Gasteiger partial charge in [0, 0.05) is 4.90 Å². The van der Waals surface area contributed by atoms with Gasteiger partial charge < -0.3 is 15.2 Å². The van der Waals surface area contributed by atoms with E-state index in [1.54, 1.807) is 14.0 Å². The molecule has 5 nitrogen and oxygen atoms in total. The fourth-order valence-electron chi connectivity index (χ4n) is 2.62. The predicted molar refractivity (Wildman–Crippen MR) is 85.3 cm³/mol. The number of aliphatic carboxylic acids is 1. The highest BCUT2D eigenvalue weighted by atomic mass is 32.2. The van der Waals surface area contributed by atoms with Crippen molar-refractivity contribution in [3.8, 4) is 5.75 Å². The van der Waals surface area contributed by atoms with Crippen LogP contribution in [0, 0.1) is 0 Å². The maximum atomic E-state index is 12.3. The Morgan fingerprint density at radius 2 is 1.86 bits per heavy atom. The second-order valence-electron chi connectivity index (χ2n) is 5.52. The Balaban J connectivity index is 1.97. The third kappa shape index (κ3) is 3.74. The molecule has 2 rings (SSSR count). The van der Waals surface area contributed by atoms with Gasteiger partial charge in [0.15, 0.2) is 0 Å². The largest absolute Gasteiger partial charge is 0.497 e. The number of rotatable bonds is 6. The smallest absolute Gasteiger partial charge is 0.329 e. The summed E-state index contributed by atoms with van der Waals surface area (Å²) in [5.41, 5.74) is -1.08. The van der Waals surface area contributed by atoms with E-state index in [-0.39, 0.29) is 11.2 Å². The summed E-state index contributed by atoms with van der Waals surface area (Å²) in [7, 11) is 1.60. The number of thioether (sulfide) groups is 1. The third-order valence-corrected chi connectivity index (χ3v) is 5.08. The lowest BCUT2D eigenvalue weighted by atomic mass is 9.97. The summed E-state index contributed by atoms with van der Waals surface area (Å²) in [5.74, 6) is -0.401. The van der Waals surface area contributed by atoms with Crippen molar-refractivity contribution >= 4 is 23.6 Å². The van der Waals surface area contributed by atoms with Crippen LogP contribution in [0.2, 0.25) is 0 Å². The molecule has 0 spiro atoms. The first-order chi connectivity index (χ1) is 10.5. The van der Waals surface area contributed by atoms with Crippen molar-refractivity contribution in [1.29, 1.82) is 0 Å². The summed E-state index contributed by atoms with van der Waals surface area (Å²) in [5, 5.41) is 11.8. The standard InChI is InChI=1S/C16H21NO4S/c1-11(22-13-7-5-12(21-2)6-8-13)14(18)17-16(15(19)20)9-3-4-10-16/h5-8,11H,3-4,9-10H2,1-2H3,(H,17,18)(H,19,20). The van der Waals surface area contributed by atoms with Crippen molar-refractivity contribution in [2.24, 2.45) is 0 Å². The van der Waals surface area contributed by atoms with Crippen LogP contribution in [0.15, 0.2) is 29.2 Å². The van der Waals surface area contributed by atoms with Gasteiger partial charge in [0.25, 0.3) is 0 Å². The van der Waals surface area contributed by atoms with Gasteiger partial charge in [0.2, 0.25) is 5.91 Å². The molecule has 0 aliphatic heterocycles. The SMILES string of the molecule is COc1ccc(SC(C)C(=O)NC2(C(=O)O)CCCC2)cc1. The van der Waals surface area contributed by atoms with Gasteiger partial charge in [-0.25, -0.2) is 4.79 Å². The molecule has 0 saturated heterocycles. The van der Waals surface area contributed by atoms with Crippen molar-refractivity contribution in [3.05, 3.63) is 24.3 Å². The number of hydrogen-bond acceptors (Lipinski definition) is 4. The van der Waals surface area contributed by atoms with Crippen molar-refractivity contribution in [2.45, 2.75) is 48.3 Å². The molecule has 120 valence electrons. The second kappa shape index (κ2) is 7.05. The highest BCUT2D eigenvalue weighted by molar-refractivity contribution is 8.00. The molecule has 1 unspecified atom stereocenters. The van der Waals surface area contributed by atoms with Crippen LogP contribution >= 0.6 is 11.8 Å². The fraction of sp³-hybridized carbons (Fsp3) is 0.500. The minimum Gasteiger partial charge on any atom is -0.497 e. The van der Waals surface area contributed by atoms with Gasteiger partial charge in [-0.3, -0.25) is 4.79 Å². The van der Waals surface area contributed by atoms with Crippen molar-refractivity contribution in [1.82, 2.24) is 5.32 Å². The van der Waals surface area contributed by atoms with Crippen molar-refractivity contribution in [3.63, 3.8) is 0 Å². The number of benzene rings is 1. The fourth-order valence-corrected chi connectivity index (χ4v) is 3.49. The number of carboxylic acid groups (broad SMARTS) is 1. The van der Waals surface area contributed by atoms with Crippen LogP contribution in [0.5, 0.6) is 5.75 Å². The van der Waals surface area contributed by atoms with Crippen LogP contribution in [-0.4, -0.2) is 34.9 Å². The summed E-state index contributed by atoms with van der Waals surface area (Å²) in [4.78, 5) is 24.7. The zero-order chi connectivity index (χ0) is 16.2. The number of ether oxygens (including phenoxy) is 1. The van der Waals surface area contributed by atoms with Gasteiger partial charge in [-0.2, -0.15) is 0 Å². The van der Waals surface area contributed by atoms with Gasteiger partial charge in [-0.05, 0) is 44.0 Å². The van der Waals surface area contributed by atoms with E-state index in [1.807, 2.05) is 24.3 Å². The lowest BCUT2D eigenvalue weighted by molar-refractivity contribution is -0.147. The van der Waals surface area contributed by atoms with Gasteiger partial charge in [-0.15, -0.1) is 11.8 Å². The van der Waals surface area contributed by atoms with Crippen LogP contribution in [0.4, 0.5) is 0 Å². The summed E-state index contributed by atoms with van der Waals surface area (Å²) >= 11 is 1.40. The molecule has 1 atom stereocenters. The van der Waals surface area contributed by atoms with E-state index < -0.39 is 11.5 Å². The van der Waals surface area contributed by atoms with Crippen molar-refractivity contribution in [2.75, 3.05) is 7.11 Å². The average molecular weight is 323 g/mol. The van der Waals surface area contributed by atoms with Crippen LogP contribution in [0.1, 0.15) is 32.6 Å². The second-order valence-corrected chi connectivity index (χ2v) is 6.93. The normalized spacial score (nSPS) is 17.7. The number of carbonyl (C=O) groups is 2. The average Bonchev–Trinajstić information content (AvgIpc) is 2.98. The molecule has 0 radical (unpaired) electrons. The molecule has 1 saturated carbocycles. The number of carboxylic acids is 1. The number of carbonyl (C=O) groups excluding carboxylic acids is 1. The quantitative estimate of drug-likeness (QED) is 0.787. The van der Waals surface area contributed by atoms with Crippen LogP contribution in [0.3, 0.4) is 0 Å². The molecule has 1 fully saturated rings. The topological polar surface area (TPSA) is 75.6 Å². The van der Waals surface area contributed by atoms with Gasteiger partial charge in [-0.1, -0.05) is 12.8 Å². The van der Waals surface area contributed by atoms with E-state index in [2.05, 4.69) is 5.32 Å². The lowest BCUT2D eigenvalue weighted by Gasteiger charge is -2.27. The van der Waals surface area contributed by atoms with Crippen LogP contribution < -0.4 is 10.1 Å². The summed E-state index contributed by atoms with van der Waals surface area (Å²) in [6.45, 7) is 1.79. The van der Waals surface area contributed by atoms with Gasteiger partial charge >= 0.3 is 5.97 Å². The molecule has 1 amide bonds. The Morgan fingerprint density at radius 3 is 2.36 bits per heavy atom. The molecule has 0 heterocycles. The minimum absolute atomic E-state index is 0.231. The van der Waals surface area contributed by atoms with Crippen molar-refractivity contribution < 1.29 is 19.4 Å². The lowest BCUT2D eigenvalue weighted by Crippen LogP contribution is -2.54. The molecular formula is C16H21NO4S. The first kappa shape index (κ1) is 16.7. The first-order valence-electron chi connectivity index (χ1n) is 7.33. The third-order valence-electron chi connectivity index (χ3n) is 3.97. The van der Waals surface area contributed by atoms with E-state index in [1.165, 1.54) is 11.8 Å². The molecule has 1 aromatic carbocycles. The maximum absolute atomic E-state index is 12.3. The minimum atomic E-state index is -1.08. The Hall–Kier alpha value is -1.69. The van der Waals surface area contributed by atoms with E-state index in [0.717, 1.165) is 23.5 Å². The first-order valence-corrected chi connectivity index (χ1v) is 8.21. The molecule has 0 aromatic heterocycles. The molecule has 1 aliphatic rings. The number of methoxy groups -OCH3 is 1. The molecule has 22 heavy (non-hydrogen) atoms. The van der Waals surface area contributed by atoms with E-state index >= 15 is 0 Å². The highest BCUT2D eigenvalue weighted by Crippen LogP contribution is 2.31. The predicted octanol–water partition coefficient (Wildman–Crippen LogP) is 2.69. The highest BCUT2D eigenvalue weighted by Gasteiger charge is 2.43. The van der Waals surface area contributed by atoms with Gasteiger partial charge in [0.1, 0.15) is 11.3 Å². The Kier molecular flexibility index (Phi) is 5.34. The molecule has 1 aliphatic carbocycles. The molecule has 6 heteroatoms. The molecule has 0 bridgehead atoms. The van der Waals surface area contributed by atoms with Crippen LogP contribution in [-0.2, 0) is 9.59 Å². The van der Waals surface area contributed by atoms with E-state index in [0.29, 0.717) is 12.8 Å². The molecule has 2 N–H and O–H groups in total. The summed E-state index contributed by atoms with van der Waals surface area (Å²) in [6.07, 6.45) is 2.70. The van der Waals surface area contributed by atoms with E-state index in [9.17, 15) is 14.7 Å². The zero-order valence-corrected chi connectivity index (χ0v) is 13.6. The number of nitrogens with one attached hydrogen (secondary N) is 1. The summed E-state index contributed by atoms with van der Waals surface area (Å²) < 4.78 is 5.10. The number of hydrogen-bond donors (Lipinski definition) is 2. The Labute approximate surface area is 134 Å². The Bertz CT molecular complexity index is 538. The summed E-state index contributed by atoms with van der Waals surface area (Å²) in [6, 6.07) is 7.44.